The maximum absolute atomic E-state index is 13.1. The first kappa shape index (κ1) is 18.5. The Kier molecular flexibility index (Phi) is 5.32. The first-order valence-electron chi connectivity index (χ1n) is 9.79. The largest absolute Gasteiger partial charge is 0.493 e. The molecule has 0 unspecified atom stereocenters. The average Bonchev–Trinajstić information content (AvgIpc) is 3.26. The van der Waals surface area contributed by atoms with Crippen LogP contribution in [0.15, 0.2) is 42.0 Å². The van der Waals surface area contributed by atoms with Gasteiger partial charge >= 0.3 is 0 Å². The number of hydrazone groups is 1. The second kappa shape index (κ2) is 8.04. The Morgan fingerprint density at radius 1 is 1.07 bits per heavy atom. The van der Waals surface area contributed by atoms with Gasteiger partial charge in [-0.15, -0.1) is 0 Å². The van der Waals surface area contributed by atoms with E-state index in [0.29, 0.717) is 24.6 Å². The van der Waals surface area contributed by atoms with Crippen LogP contribution in [-0.2, 0) is 11.3 Å². The third-order valence-electron chi connectivity index (χ3n) is 5.73. The molecule has 7 nitrogen and oxygen atoms in total. The maximum Gasteiger partial charge on any atom is 0.246 e. The molecule has 4 rings (SSSR count). The van der Waals surface area contributed by atoms with Crippen LogP contribution in [0.1, 0.15) is 31.2 Å². The molecule has 1 amide bonds. The number of imidazole rings is 1. The highest BCUT2D eigenvalue weighted by molar-refractivity contribution is 6.07. The molecular formula is C21H26N4O3. The summed E-state index contributed by atoms with van der Waals surface area (Å²) in [6.45, 7) is 1.21. The molecule has 0 spiro atoms. The number of rotatable bonds is 6. The fourth-order valence-electron chi connectivity index (χ4n) is 4.26. The molecule has 0 saturated heterocycles. The Bertz CT molecular complexity index is 863. The van der Waals surface area contributed by atoms with E-state index in [9.17, 15) is 4.79 Å². The summed E-state index contributed by atoms with van der Waals surface area (Å²) in [5, 5.41) is 6.47. The number of nitrogens with zero attached hydrogens (tertiary/aromatic N) is 4. The summed E-state index contributed by atoms with van der Waals surface area (Å²) in [5.74, 6) is 1.70. The summed E-state index contributed by atoms with van der Waals surface area (Å²) in [5.41, 5.74) is 1.98. The zero-order chi connectivity index (χ0) is 19.5. The molecule has 28 heavy (non-hydrogen) atoms. The van der Waals surface area contributed by atoms with Crippen molar-refractivity contribution in [3.05, 3.63) is 42.5 Å². The first-order valence-corrected chi connectivity index (χ1v) is 9.79. The average molecular weight is 382 g/mol. The van der Waals surface area contributed by atoms with Crippen molar-refractivity contribution in [2.45, 2.75) is 32.2 Å². The summed E-state index contributed by atoms with van der Waals surface area (Å²) in [4.78, 5) is 17.1. The van der Waals surface area contributed by atoms with Crippen molar-refractivity contribution >= 4 is 11.6 Å². The highest BCUT2D eigenvalue weighted by atomic mass is 16.5. The van der Waals surface area contributed by atoms with Crippen molar-refractivity contribution in [3.63, 3.8) is 0 Å². The molecular weight excluding hydrogens is 356 g/mol. The Hall–Kier alpha value is -2.83. The van der Waals surface area contributed by atoms with E-state index >= 15 is 0 Å². The second-order valence-electron chi connectivity index (χ2n) is 7.31. The molecule has 148 valence electrons. The zero-order valence-corrected chi connectivity index (χ0v) is 16.4. The number of aromatic nitrogens is 2. The molecule has 2 atom stereocenters. The quantitative estimate of drug-likeness (QED) is 0.770. The number of hydrogen-bond acceptors (Lipinski definition) is 5. The lowest BCUT2D eigenvalue weighted by molar-refractivity contribution is -0.139. The Labute approximate surface area is 165 Å². The van der Waals surface area contributed by atoms with Gasteiger partial charge in [-0.2, -0.15) is 5.10 Å². The molecule has 1 aliphatic heterocycles. The van der Waals surface area contributed by atoms with E-state index < -0.39 is 0 Å². The predicted octanol–water partition coefficient (Wildman–Crippen LogP) is 2.95. The lowest BCUT2D eigenvalue weighted by Crippen LogP contribution is -2.46. The molecule has 1 aromatic heterocycles. The minimum Gasteiger partial charge on any atom is -0.493 e. The minimum absolute atomic E-state index is 0.0112. The van der Waals surface area contributed by atoms with E-state index in [1.807, 2.05) is 29.0 Å². The smallest absolute Gasteiger partial charge is 0.246 e. The van der Waals surface area contributed by atoms with Crippen molar-refractivity contribution < 1.29 is 14.3 Å². The molecule has 1 aliphatic carbocycles. The van der Waals surface area contributed by atoms with Crippen molar-refractivity contribution in [1.29, 1.82) is 0 Å². The Morgan fingerprint density at radius 3 is 2.57 bits per heavy atom. The fourth-order valence-corrected chi connectivity index (χ4v) is 4.26. The fraction of sp³-hybridized carbons (Fsp3) is 0.476. The monoisotopic (exact) mass is 382 g/mol. The molecule has 1 fully saturated rings. The lowest BCUT2D eigenvalue weighted by atomic mass is 9.73. The van der Waals surface area contributed by atoms with Crippen LogP contribution in [0, 0.1) is 11.8 Å². The lowest BCUT2D eigenvalue weighted by Gasteiger charge is -2.38. The van der Waals surface area contributed by atoms with Gasteiger partial charge in [0.1, 0.15) is 0 Å². The number of carbonyl (C=O) groups excluding carboxylic acids is 1. The molecule has 7 heteroatoms. The van der Waals surface area contributed by atoms with Crippen LogP contribution >= 0.6 is 0 Å². The second-order valence-corrected chi connectivity index (χ2v) is 7.31. The van der Waals surface area contributed by atoms with Crippen molar-refractivity contribution in [2.24, 2.45) is 16.9 Å². The number of carbonyl (C=O) groups is 1. The standard InChI is InChI=1S/C21H26N4O3/c1-27-18-8-7-15(13-19(18)28-2)20-16-5-3-4-6-17(16)21(26)25(23-20)12-11-24-10-9-22-14-24/h7-10,13-14,16-17H,3-6,11-12H2,1-2H3/t16-,17+/m1/s1. The van der Waals surface area contributed by atoms with Crippen LogP contribution in [0.4, 0.5) is 0 Å². The third kappa shape index (κ3) is 3.48. The molecule has 2 heterocycles. The normalized spacial score (nSPS) is 21.9. The Morgan fingerprint density at radius 2 is 1.86 bits per heavy atom. The van der Waals surface area contributed by atoms with Gasteiger partial charge in [0.2, 0.25) is 5.91 Å². The molecule has 0 bridgehead atoms. The number of benzene rings is 1. The molecule has 0 N–H and O–H groups in total. The molecule has 0 radical (unpaired) electrons. The van der Waals surface area contributed by atoms with E-state index in [4.69, 9.17) is 14.6 Å². The third-order valence-corrected chi connectivity index (χ3v) is 5.73. The molecule has 2 aromatic rings. The van der Waals surface area contributed by atoms with Gasteiger partial charge in [-0.05, 0) is 31.0 Å². The van der Waals surface area contributed by atoms with E-state index in [2.05, 4.69) is 4.98 Å². The number of amides is 1. The SMILES string of the molecule is COc1ccc(C2=NN(CCn3ccnc3)C(=O)[C@H]3CCCC[C@@H]23)cc1OC. The van der Waals surface area contributed by atoms with Crippen molar-refractivity contribution in [2.75, 3.05) is 20.8 Å². The van der Waals surface area contributed by atoms with Crippen LogP contribution in [0.3, 0.4) is 0 Å². The van der Waals surface area contributed by atoms with Gasteiger partial charge in [0, 0.05) is 36.3 Å². The molecule has 1 saturated carbocycles. The van der Waals surface area contributed by atoms with Gasteiger partial charge in [0.25, 0.3) is 0 Å². The number of hydrogen-bond donors (Lipinski definition) is 0. The number of fused-ring (bicyclic) bond motifs is 1. The minimum atomic E-state index is 0.0112. The van der Waals surface area contributed by atoms with Gasteiger partial charge in [0.05, 0.1) is 32.8 Å². The summed E-state index contributed by atoms with van der Waals surface area (Å²) in [6, 6.07) is 5.88. The van der Waals surface area contributed by atoms with E-state index in [1.165, 1.54) is 0 Å². The molecule has 2 aliphatic rings. The predicted molar refractivity (Wildman–Crippen MR) is 105 cm³/mol. The van der Waals surface area contributed by atoms with Crippen molar-refractivity contribution in [3.8, 4) is 11.5 Å². The first-order chi connectivity index (χ1) is 13.7. The molecule has 1 aromatic carbocycles. The van der Waals surface area contributed by atoms with E-state index in [0.717, 1.165) is 37.0 Å². The number of ether oxygens (including phenoxy) is 2. The van der Waals surface area contributed by atoms with Crippen LogP contribution in [0.2, 0.25) is 0 Å². The summed E-state index contributed by atoms with van der Waals surface area (Å²) in [6.07, 6.45) is 9.56. The van der Waals surface area contributed by atoms with Gasteiger partial charge in [-0.25, -0.2) is 9.99 Å². The van der Waals surface area contributed by atoms with E-state index in [1.54, 1.807) is 31.8 Å². The topological polar surface area (TPSA) is 69.0 Å². The number of methoxy groups -OCH3 is 2. The van der Waals surface area contributed by atoms with E-state index in [-0.39, 0.29) is 17.7 Å². The van der Waals surface area contributed by atoms with Crippen LogP contribution in [0.5, 0.6) is 11.5 Å². The van der Waals surface area contributed by atoms with Gasteiger partial charge < -0.3 is 14.0 Å². The van der Waals surface area contributed by atoms with Crippen LogP contribution < -0.4 is 9.47 Å². The van der Waals surface area contributed by atoms with Gasteiger partial charge in [0.15, 0.2) is 11.5 Å². The zero-order valence-electron chi connectivity index (χ0n) is 16.4. The highest BCUT2D eigenvalue weighted by Crippen LogP contribution is 2.39. The van der Waals surface area contributed by atoms with Crippen molar-refractivity contribution in [1.82, 2.24) is 14.6 Å². The summed E-state index contributed by atoms with van der Waals surface area (Å²) >= 11 is 0. The Balaban J connectivity index is 1.67. The van der Waals surface area contributed by atoms with Crippen LogP contribution in [-0.4, -0.2) is 46.9 Å². The maximum atomic E-state index is 13.1. The van der Waals surface area contributed by atoms with Gasteiger partial charge in [-0.3, -0.25) is 4.79 Å². The summed E-state index contributed by atoms with van der Waals surface area (Å²) in [7, 11) is 3.26. The summed E-state index contributed by atoms with van der Waals surface area (Å²) < 4.78 is 12.8. The van der Waals surface area contributed by atoms with Crippen LogP contribution in [0.25, 0.3) is 0 Å². The highest BCUT2D eigenvalue weighted by Gasteiger charge is 2.41. The van der Waals surface area contributed by atoms with Gasteiger partial charge in [-0.1, -0.05) is 12.8 Å².